The molecule has 0 amide bonds. The van der Waals surface area contributed by atoms with Gasteiger partial charge in [-0.05, 0) is 0 Å². The predicted molar refractivity (Wildman–Crippen MR) is 34.3 cm³/mol. The zero-order valence-electron chi connectivity index (χ0n) is 4.76. The maximum atomic E-state index is 5.09. The Hall–Kier alpha value is 0.400. The zero-order valence-corrected chi connectivity index (χ0v) is 6.35. The van der Waals surface area contributed by atoms with Gasteiger partial charge in [-0.15, -0.1) is 0 Å². The van der Waals surface area contributed by atoms with Gasteiger partial charge in [0, 0.05) is 7.11 Å². The molecule has 1 fully saturated rings. The van der Waals surface area contributed by atoms with E-state index < -0.39 is 0 Å². The third kappa shape index (κ3) is 1.21. The van der Waals surface area contributed by atoms with Gasteiger partial charge < -0.3 is 9.47 Å². The van der Waals surface area contributed by atoms with Crippen LogP contribution in [0.15, 0.2) is 0 Å². The molecule has 0 spiro atoms. The molecule has 0 aliphatic carbocycles. The summed E-state index contributed by atoms with van der Waals surface area (Å²) in [6.07, 6.45) is 0.259. The lowest BCUT2D eigenvalue weighted by Crippen LogP contribution is -2.19. The van der Waals surface area contributed by atoms with Gasteiger partial charge in [0.25, 0.3) is 0 Å². The fraction of sp³-hybridized carbons (Fsp3) is 1.00. The van der Waals surface area contributed by atoms with E-state index >= 15 is 0 Å². The van der Waals surface area contributed by atoms with Gasteiger partial charge >= 0.3 is 0 Å². The number of halogens is 1. The van der Waals surface area contributed by atoms with Gasteiger partial charge in [-0.25, -0.2) is 0 Å². The quantitative estimate of drug-likeness (QED) is 0.557. The molecule has 0 aromatic carbocycles. The van der Waals surface area contributed by atoms with Crippen molar-refractivity contribution >= 4 is 15.9 Å². The highest BCUT2D eigenvalue weighted by atomic mass is 79.9. The van der Waals surface area contributed by atoms with Crippen LogP contribution in [0.25, 0.3) is 0 Å². The average Bonchev–Trinajstić information content (AvgIpc) is 2.14. The molecule has 2 nitrogen and oxygen atoms in total. The summed E-state index contributed by atoms with van der Waals surface area (Å²) in [5, 5.41) is 0. The molecule has 1 aliphatic heterocycles. The van der Waals surface area contributed by atoms with Crippen molar-refractivity contribution in [2.75, 3.05) is 20.3 Å². The monoisotopic (exact) mass is 180 g/mol. The third-order valence-corrected chi connectivity index (χ3v) is 2.12. The van der Waals surface area contributed by atoms with Crippen LogP contribution in [0.4, 0.5) is 0 Å². The van der Waals surface area contributed by atoms with E-state index in [9.17, 15) is 0 Å². The van der Waals surface area contributed by atoms with Crippen LogP contribution in [-0.2, 0) is 9.47 Å². The average molecular weight is 181 g/mol. The van der Waals surface area contributed by atoms with Gasteiger partial charge in [0.1, 0.15) is 0 Å². The Morgan fingerprint density at radius 2 is 2.38 bits per heavy atom. The second-order valence-corrected chi connectivity index (χ2v) is 3.00. The van der Waals surface area contributed by atoms with Gasteiger partial charge in [0.15, 0.2) is 0 Å². The van der Waals surface area contributed by atoms with Crippen molar-refractivity contribution in [2.24, 2.45) is 0 Å². The molecule has 2 atom stereocenters. The molecular weight excluding hydrogens is 172 g/mol. The Labute approximate surface area is 57.3 Å². The molecule has 0 unspecified atom stereocenters. The summed E-state index contributed by atoms with van der Waals surface area (Å²) >= 11 is 3.41. The Morgan fingerprint density at radius 1 is 1.62 bits per heavy atom. The maximum absolute atomic E-state index is 5.09. The number of hydrogen-bond acceptors (Lipinski definition) is 2. The second kappa shape index (κ2) is 2.80. The second-order valence-electron chi connectivity index (χ2n) is 1.83. The molecule has 0 bridgehead atoms. The van der Waals surface area contributed by atoms with Crippen molar-refractivity contribution < 1.29 is 9.47 Å². The molecule has 0 aromatic rings. The number of ether oxygens (including phenoxy) is 2. The van der Waals surface area contributed by atoms with Gasteiger partial charge in [0.05, 0.1) is 24.1 Å². The van der Waals surface area contributed by atoms with Crippen LogP contribution in [0.3, 0.4) is 0 Å². The standard InChI is InChI=1S/C5H9BrO2/c1-7-5-3-8-2-4(5)6/h4-5H,2-3H2,1H3/t4-,5-/m1/s1. The van der Waals surface area contributed by atoms with E-state index in [1.54, 1.807) is 7.11 Å². The first-order valence-corrected chi connectivity index (χ1v) is 3.51. The van der Waals surface area contributed by atoms with Crippen molar-refractivity contribution in [1.82, 2.24) is 0 Å². The summed E-state index contributed by atoms with van der Waals surface area (Å²) in [5.41, 5.74) is 0. The minimum atomic E-state index is 0.259. The van der Waals surface area contributed by atoms with Crippen LogP contribution < -0.4 is 0 Å². The van der Waals surface area contributed by atoms with Crippen LogP contribution in [-0.4, -0.2) is 31.3 Å². The molecule has 48 valence electrons. The molecule has 0 N–H and O–H groups in total. The molecule has 0 radical (unpaired) electrons. The summed E-state index contributed by atoms with van der Waals surface area (Å²) < 4.78 is 10.1. The zero-order chi connectivity index (χ0) is 5.98. The smallest absolute Gasteiger partial charge is 0.0951 e. The van der Waals surface area contributed by atoms with Gasteiger partial charge in [-0.2, -0.15) is 0 Å². The first kappa shape index (κ1) is 6.52. The lowest BCUT2D eigenvalue weighted by Gasteiger charge is -2.07. The van der Waals surface area contributed by atoms with Crippen LogP contribution in [0, 0.1) is 0 Å². The number of hydrogen-bond donors (Lipinski definition) is 0. The van der Waals surface area contributed by atoms with Crippen LogP contribution in [0.5, 0.6) is 0 Å². The minimum Gasteiger partial charge on any atom is -0.378 e. The van der Waals surface area contributed by atoms with Gasteiger partial charge in [-0.3, -0.25) is 0 Å². The first-order chi connectivity index (χ1) is 3.84. The Kier molecular flexibility index (Phi) is 2.28. The number of methoxy groups -OCH3 is 1. The van der Waals surface area contributed by atoms with Crippen LogP contribution in [0.1, 0.15) is 0 Å². The highest BCUT2D eigenvalue weighted by Crippen LogP contribution is 2.15. The molecule has 1 rings (SSSR count). The molecule has 1 saturated heterocycles. The summed E-state index contributed by atoms with van der Waals surface area (Å²) in [6.45, 7) is 1.50. The number of alkyl halides is 1. The molecule has 1 heterocycles. The van der Waals surface area contributed by atoms with E-state index in [4.69, 9.17) is 9.47 Å². The lowest BCUT2D eigenvalue weighted by atomic mass is 10.3. The van der Waals surface area contributed by atoms with Crippen molar-refractivity contribution in [3.05, 3.63) is 0 Å². The van der Waals surface area contributed by atoms with Crippen molar-refractivity contribution in [2.45, 2.75) is 10.9 Å². The normalized spacial score (nSPS) is 38.2. The van der Waals surface area contributed by atoms with Crippen molar-refractivity contribution in [3.63, 3.8) is 0 Å². The summed E-state index contributed by atoms with van der Waals surface area (Å²) in [5.74, 6) is 0. The molecule has 8 heavy (non-hydrogen) atoms. The topological polar surface area (TPSA) is 18.5 Å². The van der Waals surface area contributed by atoms with E-state index in [0.29, 0.717) is 4.83 Å². The molecule has 3 heteroatoms. The molecular formula is C5H9BrO2. The molecule has 0 aromatic heterocycles. The fourth-order valence-corrected chi connectivity index (χ4v) is 1.28. The lowest BCUT2D eigenvalue weighted by molar-refractivity contribution is 0.0839. The van der Waals surface area contributed by atoms with Crippen LogP contribution in [0.2, 0.25) is 0 Å². The Morgan fingerprint density at radius 3 is 2.62 bits per heavy atom. The fourth-order valence-electron chi connectivity index (χ4n) is 0.724. The van der Waals surface area contributed by atoms with E-state index in [1.807, 2.05) is 0 Å². The Bertz CT molecular complexity index is 76.8. The largest absolute Gasteiger partial charge is 0.378 e. The maximum Gasteiger partial charge on any atom is 0.0951 e. The highest BCUT2D eigenvalue weighted by Gasteiger charge is 2.24. The van der Waals surface area contributed by atoms with Gasteiger partial charge in [-0.1, -0.05) is 15.9 Å². The summed E-state index contributed by atoms with van der Waals surface area (Å²) in [7, 11) is 1.70. The Balaban J connectivity index is 2.30. The van der Waals surface area contributed by atoms with Crippen LogP contribution >= 0.6 is 15.9 Å². The van der Waals surface area contributed by atoms with E-state index in [0.717, 1.165) is 13.2 Å². The number of rotatable bonds is 1. The molecule has 0 saturated carbocycles. The van der Waals surface area contributed by atoms with E-state index in [1.165, 1.54) is 0 Å². The first-order valence-electron chi connectivity index (χ1n) is 2.59. The van der Waals surface area contributed by atoms with Crippen molar-refractivity contribution in [3.8, 4) is 0 Å². The third-order valence-electron chi connectivity index (χ3n) is 1.27. The van der Waals surface area contributed by atoms with E-state index in [-0.39, 0.29) is 6.10 Å². The SMILES string of the molecule is CO[C@@H]1COC[C@H]1Br. The van der Waals surface area contributed by atoms with Crippen molar-refractivity contribution in [1.29, 1.82) is 0 Å². The minimum absolute atomic E-state index is 0.259. The highest BCUT2D eigenvalue weighted by molar-refractivity contribution is 9.09. The van der Waals surface area contributed by atoms with E-state index in [2.05, 4.69) is 15.9 Å². The summed E-state index contributed by atoms with van der Waals surface area (Å²) in [6, 6.07) is 0. The van der Waals surface area contributed by atoms with Gasteiger partial charge in [0.2, 0.25) is 0 Å². The molecule has 1 aliphatic rings. The predicted octanol–water partition coefficient (Wildman–Crippen LogP) is 0.795. The summed E-state index contributed by atoms with van der Waals surface area (Å²) in [4.78, 5) is 0.396.